The van der Waals surface area contributed by atoms with Crippen LogP contribution in [0, 0.1) is 6.92 Å². The fourth-order valence-electron chi connectivity index (χ4n) is 2.23. The molecule has 101 valence electrons. The topological polar surface area (TPSA) is 9.23 Å². The molecule has 0 unspecified atom stereocenters. The molecule has 0 saturated carbocycles. The first-order chi connectivity index (χ1) is 7.95. The molecule has 4 heteroatoms. The molecule has 0 heterocycles. The summed E-state index contributed by atoms with van der Waals surface area (Å²) in [6.07, 6.45) is 0. The standard InChI is InChI=1S/C15H18O.2ClH.Ti/c1-10-8-9-13(16)14-11(10)6-5-7-12(14)15(2,3)4;;;/h5-9,16H,1-4H3;2*1H;/q;;;+3/p-3. The first-order valence-corrected chi connectivity index (χ1v) is 6.45. The number of fused-ring (bicyclic) bond motifs is 1. The molecule has 0 aliphatic heterocycles. The van der Waals surface area contributed by atoms with Gasteiger partial charge in [-0.1, -0.05) is 0 Å². The number of hydrogen-bond donors (Lipinski definition) is 0. The van der Waals surface area contributed by atoms with E-state index >= 15 is 0 Å². The summed E-state index contributed by atoms with van der Waals surface area (Å²) in [5.41, 5.74) is 2.77. The maximum Gasteiger partial charge on any atom is -1.00 e. The second-order valence-electron chi connectivity index (χ2n) is 5.46. The molecule has 0 aromatic heterocycles. The molecule has 1 nitrogen and oxygen atoms in total. The summed E-state index contributed by atoms with van der Waals surface area (Å²) in [4.78, 5) is 0. The van der Waals surface area contributed by atoms with Crippen LogP contribution < -0.4 is 28.1 Å². The summed E-state index contributed by atoms with van der Waals surface area (Å²) >= 11 is 1.74. The van der Waals surface area contributed by atoms with Crippen LogP contribution in [-0.2, 0) is 26.2 Å². The van der Waals surface area contributed by atoms with Gasteiger partial charge in [0.15, 0.2) is 0 Å². The Labute approximate surface area is 139 Å². The Morgan fingerprint density at radius 1 is 1.00 bits per heavy atom. The van der Waals surface area contributed by atoms with Crippen molar-refractivity contribution in [3.63, 3.8) is 0 Å². The molecule has 0 amide bonds. The minimum Gasteiger partial charge on any atom is -1.00 e. The first kappa shape index (κ1) is 18.8. The van der Waals surface area contributed by atoms with Crippen LogP contribution in [0.4, 0.5) is 0 Å². The fraction of sp³-hybridized carbons (Fsp3) is 0.333. The summed E-state index contributed by atoms with van der Waals surface area (Å²) < 4.78 is 5.52. The third kappa shape index (κ3) is 3.67. The Bertz CT molecular complexity index is 562. The van der Waals surface area contributed by atoms with E-state index in [-0.39, 0.29) is 30.2 Å². The van der Waals surface area contributed by atoms with Gasteiger partial charge in [-0.2, -0.15) is 0 Å². The van der Waals surface area contributed by atoms with E-state index in [0.29, 0.717) is 0 Å². The molecule has 0 atom stereocenters. The Morgan fingerprint density at radius 3 is 2.16 bits per heavy atom. The van der Waals surface area contributed by atoms with Crippen molar-refractivity contribution in [2.75, 3.05) is 0 Å². The van der Waals surface area contributed by atoms with Crippen molar-refractivity contribution in [1.29, 1.82) is 0 Å². The minimum absolute atomic E-state index is 0. The second kappa shape index (κ2) is 6.99. The largest absolute Gasteiger partial charge is 1.00 e. The van der Waals surface area contributed by atoms with Gasteiger partial charge in [0.2, 0.25) is 0 Å². The Morgan fingerprint density at radius 2 is 1.63 bits per heavy atom. The molecule has 0 N–H and O–H groups in total. The summed E-state index contributed by atoms with van der Waals surface area (Å²) in [5.74, 6) is 0.969. The van der Waals surface area contributed by atoms with Gasteiger partial charge in [-0.25, -0.2) is 0 Å². The summed E-state index contributed by atoms with van der Waals surface area (Å²) in [6.45, 7) is 8.87. The first-order valence-electron chi connectivity index (χ1n) is 5.81. The van der Waals surface area contributed by atoms with Gasteiger partial charge < -0.3 is 24.8 Å². The monoisotopic (exact) mass is 331 g/mol. The smallest absolute Gasteiger partial charge is 1.00 e. The van der Waals surface area contributed by atoms with Crippen molar-refractivity contribution in [3.05, 3.63) is 41.5 Å². The van der Waals surface area contributed by atoms with E-state index < -0.39 is 0 Å². The number of aryl methyl sites for hydroxylation is 1. The average Bonchev–Trinajstić information content (AvgIpc) is 2.28. The van der Waals surface area contributed by atoms with Crippen molar-refractivity contribution in [2.24, 2.45) is 0 Å². The molecule has 0 spiro atoms. The molecule has 2 aromatic rings. The molecule has 0 aliphatic carbocycles. The van der Waals surface area contributed by atoms with E-state index in [4.69, 9.17) is 3.32 Å². The molecule has 0 radical (unpaired) electrons. The number of rotatable bonds is 1. The average molecular weight is 332 g/mol. The van der Waals surface area contributed by atoms with Crippen LogP contribution in [0.1, 0.15) is 31.9 Å². The third-order valence-corrected chi connectivity index (χ3v) is 3.48. The molecule has 0 bridgehead atoms. The van der Waals surface area contributed by atoms with Crippen LogP contribution >= 0.6 is 0 Å². The van der Waals surface area contributed by atoms with Crippen LogP contribution in [0.5, 0.6) is 5.75 Å². The van der Waals surface area contributed by atoms with Crippen LogP contribution in [0.3, 0.4) is 0 Å². The van der Waals surface area contributed by atoms with E-state index in [2.05, 4.69) is 58.0 Å². The van der Waals surface area contributed by atoms with E-state index in [1.54, 1.807) is 20.8 Å². The fourth-order valence-corrected chi connectivity index (χ4v) is 2.50. The Kier molecular flexibility index (Phi) is 6.91. The third-order valence-electron chi connectivity index (χ3n) is 3.14. The second-order valence-corrected chi connectivity index (χ2v) is 5.78. The molecule has 19 heavy (non-hydrogen) atoms. The quantitative estimate of drug-likeness (QED) is 0.566. The van der Waals surface area contributed by atoms with Gasteiger partial charge in [0.25, 0.3) is 0 Å². The zero-order chi connectivity index (χ0) is 12.6. The van der Waals surface area contributed by atoms with Crippen LogP contribution in [0.25, 0.3) is 10.8 Å². The van der Waals surface area contributed by atoms with E-state index in [1.165, 1.54) is 21.9 Å². The van der Waals surface area contributed by atoms with Gasteiger partial charge in [-0.15, -0.1) is 0 Å². The van der Waals surface area contributed by atoms with Gasteiger partial charge in [-0.05, 0) is 0 Å². The normalized spacial score (nSPS) is 10.6. The molecule has 0 fully saturated rings. The Hall–Kier alpha value is -0.206. The zero-order valence-electron chi connectivity index (χ0n) is 11.6. The van der Waals surface area contributed by atoms with E-state index in [0.717, 1.165) is 5.75 Å². The van der Waals surface area contributed by atoms with Crippen LogP contribution in [0.2, 0.25) is 0 Å². The van der Waals surface area contributed by atoms with Gasteiger partial charge in [0.05, 0.1) is 0 Å². The zero-order valence-corrected chi connectivity index (χ0v) is 14.6. The van der Waals surface area contributed by atoms with Crippen molar-refractivity contribution in [1.82, 2.24) is 0 Å². The predicted molar refractivity (Wildman–Crippen MR) is 68.0 cm³/mol. The van der Waals surface area contributed by atoms with Crippen molar-refractivity contribution in [3.8, 4) is 5.75 Å². The van der Waals surface area contributed by atoms with Crippen molar-refractivity contribution >= 4 is 10.8 Å². The maximum absolute atomic E-state index is 5.52. The van der Waals surface area contributed by atoms with Crippen LogP contribution in [-0.4, -0.2) is 0 Å². The summed E-state index contributed by atoms with van der Waals surface area (Å²) in [5, 5.41) is 2.54. The number of halogens is 2. The Balaban J connectivity index is 0.00000162. The van der Waals surface area contributed by atoms with E-state index in [1.807, 2.05) is 0 Å². The van der Waals surface area contributed by atoms with Gasteiger partial charge >= 0.3 is 115 Å². The number of benzene rings is 2. The minimum atomic E-state index is 0. The molecule has 2 aromatic carbocycles. The molecule has 0 saturated heterocycles. The number of hydrogen-bond acceptors (Lipinski definition) is 1. The summed E-state index contributed by atoms with van der Waals surface area (Å²) in [7, 11) is 0. The molecule has 0 aliphatic rings. The summed E-state index contributed by atoms with van der Waals surface area (Å²) in [6, 6.07) is 10.7. The SMILES string of the molecule is Cc1ccc([O][Ti+2])c2c(C(C)(C)C)cccc12.[Cl-].[Cl-]. The van der Waals surface area contributed by atoms with Crippen molar-refractivity contribution < 1.29 is 49.0 Å². The van der Waals surface area contributed by atoms with Gasteiger partial charge in [-0.3, -0.25) is 0 Å². The molecule has 2 rings (SSSR count). The van der Waals surface area contributed by atoms with Gasteiger partial charge in [0, 0.05) is 0 Å². The maximum atomic E-state index is 5.52. The molecular weight excluding hydrogens is 315 g/mol. The molecular formula is C15H17Cl2OTi. The van der Waals surface area contributed by atoms with Crippen molar-refractivity contribution in [2.45, 2.75) is 33.1 Å². The van der Waals surface area contributed by atoms with Crippen LogP contribution in [0.15, 0.2) is 30.3 Å². The van der Waals surface area contributed by atoms with Gasteiger partial charge in [0.1, 0.15) is 0 Å². The predicted octanol–water partition coefficient (Wildman–Crippen LogP) is -1.71. The van der Waals surface area contributed by atoms with E-state index in [9.17, 15) is 0 Å².